The molecule has 1 unspecified atom stereocenters. The van der Waals surface area contributed by atoms with E-state index in [0.29, 0.717) is 4.88 Å². The Labute approximate surface area is 112 Å². The second-order valence-corrected chi connectivity index (χ2v) is 5.31. The van der Waals surface area contributed by atoms with Gasteiger partial charge < -0.3 is 10.2 Å². The van der Waals surface area contributed by atoms with Crippen LogP contribution >= 0.6 is 23.1 Å². The summed E-state index contributed by atoms with van der Waals surface area (Å²) in [6.07, 6.45) is -0.830. The van der Waals surface area contributed by atoms with Gasteiger partial charge in [0.1, 0.15) is 0 Å². The monoisotopic (exact) mass is 290 g/mol. The Bertz CT molecular complexity index is 383. The molecule has 0 spiro atoms. The lowest BCUT2D eigenvalue weighted by molar-refractivity contribution is -0.119. The Hall–Kier alpha value is -1.09. The molecule has 0 aliphatic carbocycles. The van der Waals surface area contributed by atoms with Gasteiger partial charge in [0.25, 0.3) is 5.91 Å². The average Bonchev–Trinajstić information content (AvgIpc) is 2.89. The van der Waals surface area contributed by atoms with Gasteiger partial charge in [-0.3, -0.25) is 20.4 Å². The van der Waals surface area contributed by atoms with Crippen molar-refractivity contribution in [1.29, 1.82) is 0 Å². The molecule has 0 bridgehead atoms. The van der Waals surface area contributed by atoms with Gasteiger partial charge in [-0.25, -0.2) is 0 Å². The third-order valence-corrected chi connectivity index (χ3v) is 3.77. The van der Waals surface area contributed by atoms with Gasteiger partial charge in [-0.1, -0.05) is 6.07 Å². The predicted molar refractivity (Wildman–Crippen MR) is 70.3 cm³/mol. The number of carbonyl (C=O) groups excluding carboxylic acids is 2. The number of hydrogen-bond donors (Lipinski definition) is 4. The molecule has 6 nitrogen and oxygen atoms in total. The summed E-state index contributed by atoms with van der Waals surface area (Å²) in [6.45, 7) is -0.330. The van der Waals surface area contributed by atoms with E-state index < -0.39 is 6.10 Å². The van der Waals surface area contributed by atoms with Crippen molar-refractivity contribution in [3.05, 3.63) is 22.4 Å². The number of thioether (sulfide) groups is 1. The summed E-state index contributed by atoms with van der Waals surface area (Å²) in [7, 11) is 0. The fourth-order valence-electron chi connectivity index (χ4n) is 0.972. The van der Waals surface area contributed by atoms with E-state index in [-0.39, 0.29) is 29.9 Å². The molecule has 8 heteroatoms. The first kappa shape index (κ1) is 15.0. The van der Waals surface area contributed by atoms with Gasteiger partial charge in [0.05, 0.1) is 23.3 Å². The Morgan fingerprint density at radius 1 is 1.44 bits per heavy atom. The highest BCUT2D eigenvalue weighted by molar-refractivity contribution is 7.99. The first-order valence-corrected chi connectivity index (χ1v) is 7.16. The SMILES string of the molecule is O=C(CSCC(O)CO)NNC(=O)c1cccs1. The fourth-order valence-corrected chi connectivity index (χ4v) is 2.34. The van der Waals surface area contributed by atoms with Crippen LogP contribution in [0.5, 0.6) is 0 Å². The molecular formula is C10H14N2O4S2. The minimum absolute atomic E-state index is 0.0990. The second-order valence-electron chi connectivity index (χ2n) is 3.33. The van der Waals surface area contributed by atoms with Crippen LogP contribution in [0.1, 0.15) is 9.67 Å². The molecule has 0 saturated carbocycles. The predicted octanol–water partition coefficient (Wildman–Crippen LogP) is -0.404. The third kappa shape index (κ3) is 5.50. The van der Waals surface area contributed by atoms with Gasteiger partial charge in [-0.15, -0.1) is 23.1 Å². The number of amides is 2. The molecule has 0 aromatic carbocycles. The Morgan fingerprint density at radius 3 is 2.83 bits per heavy atom. The lowest BCUT2D eigenvalue weighted by atomic mass is 10.4. The first-order valence-electron chi connectivity index (χ1n) is 5.13. The number of nitrogens with one attached hydrogen (secondary N) is 2. The van der Waals surface area contributed by atoms with Crippen molar-refractivity contribution < 1.29 is 19.8 Å². The Kier molecular flexibility index (Phi) is 6.73. The van der Waals surface area contributed by atoms with Gasteiger partial charge >= 0.3 is 0 Å². The van der Waals surface area contributed by atoms with Crippen LogP contribution in [0.15, 0.2) is 17.5 Å². The van der Waals surface area contributed by atoms with Crippen LogP contribution in [0.2, 0.25) is 0 Å². The quantitative estimate of drug-likeness (QED) is 0.534. The highest BCUT2D eigenvalue weighted by Crippen LogP contribution is 2.07. The number of aliphatic hydroxyl groups excluding tert-OH is 2. The zero-order valence-corrected chi connectivity index (χ0v) is 11.1. The summed E-state index contributed by atoms with van der Waals surface area (Å²) >= 11 is 2.45. The highest BCUT2D eigenvalue weighted by atomic mass is 32.2. The van der Waals surface area contributed by atoms with Gasteiger partial charge in [0.2, 0.25) is 5.91 Å². The lowest BCUT2D eigenvalue weighted by Crippen LogP contribution is -2.42. The number of hydrazine groups is 1. The first-order chi connectivity index (χ1) is 8.63. The fraction of sp³-hybridized carbons (Fsp3) is 0.400. The Morgan fingerprint density at radius 2 is 2.22 bits per heavy atom. The van der Waals surface area contributed by atoms with Crippen LogP contribution in [0, 0.1) is 0 Å². The highest BCUT2D eigenvalue weighted by Gasteiger charge is 2.09. The van der Waals surface area contributed by atoms with Crippen molar-refractivity contribution in [1.82, 2.24) is 10.9 Å². The molecule has 4 N–H and O–H groups in total. The molecule has 18 heavy (non-hydrogen) atoms. The average molecular weight is 290 g/mol. The maximum Gasteiger partial charge on any atom is 0.279 e. The van der Waals surface area contributed by atoms with Gasteiger partial charge in [-0.2, -0.15) is 0 Å². The van der Waals surface area contributed by atoms with Crippen molar-refractivity contribution in [2.75, 3.05) is 18.1 Å². The number of thiophene rings is 1. The minimum atomic E-state index is -0.830. The van der Waals surface area contributed by atoms with E-state index in [1.54, 1.807) is 17.5 Å². The number of hydrogen-bond acceptors (Lipinski definition) is 6. The van der Waals surface area contributed by atoms with Crippen LogP contribution in [-0.2, 0) is 4.79 Å². The van der Waals surface area contributed by atoms with Gasteiger partial charge in [0.15, 0.2) is 0 Å². The molecule has 0 radical (unpaired) electrons. The van der Waals surface area contributed by atoms with E-state index in [9.17, 15) is 9.59 Å². The van der Waals surface area contributed by atoms with E-state index in [0.717, 1.165) is 0 Å². The molecule has 1 rings (SSSR count). The second kappa shape index (κ2) is 8.09. The molecular weight excluding hydrogens is 276 g/mol. The van der Waals surface area contributed by atoms with Crippen LogP contribution in [0.4, 0.5) is 0 Å². The molecule has 2 amide bonds. The molecule has 1 aromatic heterocycles. The minimum Gasteiger partial charge on any atom is -0.394 e. The topological polar surface area (TPSA) is 98.7 Å². The Balaban J connectivity index is 2.15. The van der Waals surface area contributed by atoms with Crippen molar-refractivity contribution in [2.24, 2.45) is 0 Å². The van der Waals surface area contributed by atoms with E-state index in [1.807, 2.05) is 0 Å². The number of carbonyl (C=O) groups is 2. The summed E-state index contributed by atoms with van der Waals surface area (Å²) < 4.78 is 0. The van der Waals surface area contributed by atoms with E-state index >= 15 is 0 Å². The standard InChI is InChI=1S/C10H14N2O4S2/c13-4-7(14)5-17-6-9(15)11-12-10(16)8-2-1-3-18-8/h1-3,7,13-14H,4-6H2,(H,11,15)(H,12,16). The molecule has 1 aromatic rings. The van der Waals surface area contributed by atoms with Crippen molar-refractivity contribution in [3.63, 3.8) is 0 Å². The summed E-state index contributed by atoms with van der Waals surface area (Å²) in [5.41, 5.74) is 4.55. The van der Waals surface area contributed by atoms with Crippen molar-refractivity contribution in [3.8, 4) is 0 Å². The zero-order chi connectivity index (χ0) is 13.4. The summed E-state index contributed by atoms with van der Waals surface area (Å²) in [6, 6.07) is 3.39. The summed E-state index contributed by atoms with van der Waals surface area (Å²) in [4.78, 5) is 23.3. The lowest BCUT2D eigenvalue weighted by Gasteiger charge is -2.07. The molecule has 100 valence electrons. The van der Waals surface area contributed by atoms with Crippen LogP contribution < -0.4 is 10.9 Å². The van der Waals surface area contributed by atoms with E-state index in [2.05, 4.69) is 10.9 Å². The third-order valence-electron chi connectivity index (χ3n) is 1.81. The smallest absolute Gasteiger partial charge is 0.279 e. The maximum atomic E-state index is 11.4. The summed E-state index contributed by atoms with van der Waals surface area (Å²) in [5, 5.41) is 19.4. The maximum absolute atomic E-state index is 11.4. The molecule has 0 aliphatic heterocycles. The van der Waals surface area contributed by atoms with Gasteiger partial charge in [0, 0.05) is 5.75 Å². The molecule has 0 aliphatic rings. The van der Waals surface area contributed by atoms with Crippen molar-refractivity contribution in [2.45, 2.75) is 6.10 Å². The van der Waals surface area contributed by atoms with E-state index in [1.165, 1.54) is 23.1 Å². The van der Waals surface area contributed by atoms with E-state index in [4.69, 9.17) is 10.2 Å². The van der Waals surface area contributed by atoms with Crippen LogP contribution in [0.25, 0.3) is 0 Å². The van der Waals surface area contributed by atoms with Crippen molar-refractivity contribution >= 4 is 34.9 Å². The number of rotatable bonds is 6. The van der Waals surface area contributed by atoms with Crippen LogP contribution in [-0.4, -0.2) is 46.2 Å². The van der Waals surface area contributed by atoms with Crippen LogP contribution in [0.3, 0.4) is 0 Å². The normalized spacial score (nSPS) is 11.9. The summed E-state index contributed by atoms with van der Waals surface area (Å²) in [5.74, 6) is -0.362. The molecule has 1 atom stereocenters. The molecule has 0 saturated heterocycles. The number of aliphatic hydroxyl groups is 2. The largest absolute Gasteiger partial charge is 0.394 e. The zero-order valence-electron chi connectivity index (χ0n) is 9.46. The molecule has 1 heterocycles. The van der Waals surface area contributed by atoms with Gasteiger partial charge in [-0.05, 0) is 11.4 Å². The molecule has 0 fully saturated rings.